The molecule has 12 heteroatoms. The SMILES string of the molecule is CN(C)C=NC(=O)c1c(N(C)C(=O)O)c2ccc(C(F)(F)F)nc2n(-c2ccccc2)c1=O. The molecule has 33 heavy (non-hydrogen) atoms. The van der Waals surface area contributed by atoms with Crippen molar-refractivity contribution in [3.05, 3.63) is 64.1 Å². The zero-order valence-electron chi connectivity index (χ0n) is 17.7. The van der Waals surface area contributed by atoms with Crippen LogP contribution in [0.15, 0.2) is 52.3 Å². The van der Waals surface area contributed by atoms with Crippen LogP contribution >= 0.6 is 0 Å². The Balaban J connectivity index is 2.55. The van der Waals surface area contributed by atoms with Gasteiger partial charge >= 0.3 is 12.3 Å². The van der Waals surface area contributed by atoms with E-state index in [1.165, 1.54) is 17.0 Å². The van der Waals surface area contributed by atoms with Gasteiger partial charge in [-0.3, -0.25) is 19.1 Å². The summed E-state index contributed by atoms with van der Waals surface area (Å²) < 4.78 is 41.0. The summed E-state index contributed by atoms with van der Waals surface area (Å²) in [5, 5.41) is 9.39. The van der Waals surface area contributed by atoms with Crippen LogP contribution in [0.5, 0.6) is 0 Å². The zero-order chi connectivity index (χ0) is 24.5. The van der Waals surface area contributed by atoms with Crippen LogP contribution in [0.25, 0.3) is 16.7 Å². The highest BCUT2D eigenvalue weighted by atomic mass is 19.4. The van der Waals surface area contributed by atoms with Gasteiger partial charge < -0.3 is 10.0 Å². The maximum atomic E-state index is 13.5. The minimum Gasteiger partial charge on any atom is -0.465 e. The third-order valence-corrected chi connectivity index (χ3v) is 4.54. The van der Waals surface area contributed by atoms with Gasteiger partial charge in [0.25, 0.3) is 11.5 Å². The van der Waals surface area contributed by atoms with Crippen LogP contribution in [-0.4, -0.2) is 59.0 Å². The van der Waals surface area contributed by atoms with Gasteiger partial charge in [0.15, 0.2) is 0 Å². The predicted octanol–water partition coefficient (Wildman–Crippen LogP) is 3.25. The van der Waals surface area contributed by atoms with Gasteiger partial charge in [-0.25, -0.2) is 9.78 Å². The molecule has 2 aromatic heterocycles. The van der Waals surface area contributed by atoms with Crippen LogP contribution in [0.3, 0.4) is 0 Å². The monoisotopic (exact) mass is 461 g/mol. The number of rotatable bonds is 4. The molecule has 3 aromatic rings. The molecule has 0 spiro atoms. The van der Waals surface area contributed by atoms with E-state index >= 15 is 0 Å². The lowest BCUT2D eigenvalue weighted by Crippen LogP contribution is -2.33. The molecule has 0 radical (unpaired) electrons. The Morgan fingerprint density at radius 1 is 1.09 bits per heavy atom. The summed E-state index contributed by atoms with van der Waals surface area (Å²) in [6.07, 6.45) is -5.25. The number of carboxylic acid groups (broad SMARTS) is 1. The Kier molecular flexibility index (Phi) is 6.20. The third kappa shape index (κ3) is 4.54. The van der Waals surface area contributed by atoms with E-state index in [0.717, 1.165) is 24.0 Å². The Bertz CT molecular complexity index is 1320. The number of aromatic nitrogens is 2. The second kappa shape index (κ2) is 8.73. The number of carbonyl (C=O) groups excluding carboxylic acids is 1. The smallest absolute Gasteiger partial charge is 0.433 e. The first-order valence-electron chi connectivity index (χ1n) is 9.37. The number of fused-ring (bicyclic) bond motifs is 1. The lowest BCUT2D eigenvalue weighted by molar-refractivity contribution is -0.141. The number of benzene rings is 1. The van der Waals surface area contributed by atoms with Crippen LogP contribution in [0.2, 0.25) is 0 Å². The molecule has 0 saturated heterocycles. The molecule has 1 N–H and O–H groups in total. The standard InChI is InChI=1S/C21H18F3N5O4/c1-27(2)11-25-18(30)15-16(28(3)20(32)33)13-9-10-14(21(22,23)24)26-17(13)29(19(15)31)12-7-5-4-6-8-12/h4-11H,1-3H3,(H,32,33). The molecule has 172 valence electrons. The first-order chi connectivity index (χ1) is 15.4. The molecule has 0 saturated carbocycles. The molecule has 0 bridgehead atoms. The summed E-state index contributed by atoms with van der Waals surface area (Å²) in [6, 6.07) is 9.24. The van der Waals surface area contributed by atoms with Gasteiger partial charge in [-0.15, -0.1) is 0 Å². The second-order valence-electron chi connectivity index (χ2n) is 7.12. The van der Waals surface area contributed by atoms with Crippen LogP contribution in [0.4, 0.5) is 23.7 Å². The molecule has 9 nitrogen and oxygen atoms in total. The average Bonchev–Trinajstić information content (AvgIpc) is 2.75. The quantitative estimate of drug-likeness (QED) is 0.472. The summed E-state index contributed by atoms with van der Waals surface area (Å²) in [5.41, 5.74) is -3.73. The van der Waals surface area contributed by atoms with E-state index in [4.69, 9.17) is 0 Å². The fourth-order valence-corrected chi connectivity index (χ4v) is 3.09. The maximum Gasteiger partial charge on any atom is 0.433 e. The fourth-order valence-electron chi connectivity index (χ4n) is 3.09. The summed E-state index contributed by atoms with van der Waals surface area (Å²) in [6.45, 7) is 0. The molecule has 0 aliphatic carbocycles. The van der Waals surface area contributed by atoms with E-state index in [1.807, 2.05) is 0 Å². The van der Waals surface area contributed by atoms with Crippen LogP contribution in [-0.2, 0) is 6.18 Å². The van der Waals surface area contributed by atoms with Crippen molar-refractivity contribution in [2.45, 2.75) is 6.18 Å². The molecule has 1 aromatic carbocycles. The Morgan fingerprint density at radius 3 is 2.27 bits per heavy atom. The number of hydrogen-bond acceptors (Lipinski definition) is 4. The highest BCUT2D eigenvalue weighted by Gasteiger charge is 2.34. The maximum absolute atomic E-state index is 13.5. The van der Waals surface area contributed by atoms with Gasteiger partial charge in [-0.2, -0.15) is 18.2 Å². The van der Waals surface area contributed by atoms with E-state index in [0.29, 0.717) is 11.0 Å². The van der Waals surface area contributed by atoms with E-state index < -0.39 is 46.3 Å². The summed E-state index contributed by atoms with van der Waals surface area (Å²) >= 11 is 0. The largest absolute Gasteiger partial charge is 0.465 e. The highest BCUT2D eigenvalue weighted by molar-refractivity contribution is 6.12. The number of halogens is 3. The number of alkyl halides is 3. The van der Waals surface area contributed by atoms with Crippen molar-refractivity contribution in [2.24, 2.45) is 4.99 Å². The van der Waals surface area contributed by atoms with Crippen molar-refractivity contribution in [2.75, 3.05) is 26.0 Å². The van der Waals surface area contributed by atoms with Gasteiger partial charge in [0.2, 0.25) is 0 Å². The Hall–Kier alpha value is -4.22. The summed E-state index contributed by atoms with van der Waals surface area (Å²) in [5.74, 6) is -1.07. The third-order valence-electron chi connectivity index (χ3n) is 4.54. The number of amides is 2. The van der Waals surface area contributed by atoms with Gasteiger partial charge in [0.1, 0.15) is 16.9 Å². The van der Waals surface area contributed by atoms with Crippen molar-refractivity contribution in [3.63, 3.8) is 0 Å². The van der Waals surface area contributed by atoms with Crippen LogP contribution in [0, 0.1) is 0 Å². The average molecular weight is 461 g/mol. The molecule has 2 amide bonds. The number of hydrogen-bond donors (Lipinski definition) is 1. The molecular weight excluding hydrogens is 443 g/mol. The number of anilines is 1. The zero-order valence-corrected chi connectivity index (χ0v) is 17.7. The van der Waals surface area contributed by atoms with Crippen molar-refractivity contribution in [1.29, 1.82) is 0 Å². The van der Waals surface area contributed by atoms with E-state index in [1.54, 1.807) is 32.3 Å². The van der Waals surface area contributed by atoms with Crippen LogP contribution < -0.4 is 10.5 Å². The number of pyridine rings is 2. The highest BCUT2D eigenvalue weighted by Crippen LogP contribution is 2.34. The number of aliphatic imine (C=N–C) groups is 1. The van der Waals surface area contributed by atoms with Crippen molar-refractivity contribution >= 4 is 35.1 Å². The molecule has 0 aliphatic heterocycles. The minimum atomic E-state index is -4.82. The molecule has 0 aliphatic rings. The van der Waals surface area contributed by atoms with Crippen molar-refractivity contribution in [1.82, 2.24) is 14.5 Å². The number of para-hydroxylation sites is 1. The topological polar surface area (TPSA) is 108 Å². The first kappa shape index (κ1) is 23.4. The molecular formula is C21H18F3N5O4. The van der Waals surface area contributed by atoms with Gasteiger partial charge in [-0.05, 0) is 24.3 Å². The lowest BCUT2D eigenvalue weighted by atomic mass is 10.1. The predicted molar refractivity (Wildman–Crippen MR) is 115 cm³/mol. The molecule has 0 atom stereocenters. The number of nitrogens with zero attached hydrogens (tertiary/aromatic N) is 5. The number of carbonyl (C=O) groups is 2. The molecule has 0 unspecified atom stereocenters. The van der Waals surface area contributed by atoms with E-state index in [-0.39, 0.29) is 11.1 Å². The molecule has 0 fully saturated rings. The van der Waals surface area contributed by atoms with Crippen molar-refractivity contribution in [3.8, 4) is 5.69 Å². The van der Waals surface area contributed by atoms with E-state index in [9.17, 15) is 32.7 Å². The second-order valence-corrected chi connectivity index (χ2v) is 7.12. The van der Waals surface area contributed by atoms with Gasteiger partial charge in [0, 0.05) is 26.5 Å². The van der Waals surface area contributed by atoms with Gasteiger partial charge in [-0.1, -0.05) is 18.2 Å². The summed E-state index contributed by atoms with van der Waals surface area (Å²) in [4.78, 5) is 47.4. The Morgan fingerprint density at radius 2 is 1.73 bits per heavy atom. The van der Waals surface area contributed by atoms with E-state index in [2.05, 4.69) is 9.98 Å². The van der Waals surface area contributed by atoms with Crippen molar-refractivity contribution < 1.29 is 27.9 Å². The lowest BCUT2D eigenvalue weighted by Gasteiger charge is -2.21. The van der Waals surface area contributed by atoms with Crippen LogP contribution in [0.1, 0.15) is 16.1 Å². The normalized spacial score (nSPS) is 11.7. The minimum absolute atomic E-state index is 0.134. The summed E-state index contributed by atoms with van der Waals surface area (Å²) in [7, 11) is 4.21. The Labute approximate surface area is 185 Å². The first-order valence-corrected chi connectivity index (χ1v) is 9.37. The van der Waals surface area contributed by atoms with Gasteiger partial charge in [0.05, 0.1) is 17.7 Å². The fraction of sp³-hybridized carbons (Fsp3) is 0.190. The molecule has 3 rings (SSSR count). The molecule has 2 heterocycles.